The molecule has 2 aliphatic rings. The van der Waals surface area contributed by atoms with Gasteiger partial charge in [0.1, 0.15) is 0 Å². The van der Waals surface area contributed by atoms with Crippen LogP contribution in [0, 0.1) is 11.8 Å². The van der Waals surface area contributed by atoms with Crippen LogP contribution in [0.2, 0.25) is 0 Å². The molecule has 0 spiro atoms. The maximum absolute atomic E-state index is 12.6. The quantitative estimate of drug-likeness (QED) is 0.794. The second-order valence-corrected chi connectivity index (χ2v) is 6.14. The number of amides is 1. The molecule has 4 nitrogen and oxygen atoms in total. The Morgan fingerprint density at radius 1 is 1.26 bits per heavy atom. The van der Waals surface area contributed by atoms with Gasteiger partial charge >= 0.3 is 0 Å². The fraction of sp³-hybridized carbons (Fsp3) is 0.867. The number of hydrogen-bond acceptors (Lipinski definition) is 3. The molecule has 2 N–H and O–H groups in total. The topological polar surface area (TPSA) is 58.7 Å². The Kier molecular flexibility index (Phi) is 4.97. The summed E-state index contributed by atoms with van der Waals surface area (Å²) in [5.41, 5.74) is 6.70. The molecule has 2 rings (SSSR count). The van der Waals surface area contributed by atoms with Gasteiger partial charge in [0.2, 0.25) is 0 Å². The lowest BCUT2D eigenvalue weighted by Gasteiger charge is -2.24. The molecule has 1 fully saturated rings. The molecular formula is C15H27N3O. The lowest BCUT2D eigenvalue weighted by atomic mass is 9.91. The summed E-state index contributed by atoms with van der Waals surface area (Å²) in [7, 11) is 0. The number of carbonyl (C=O) groups excluding carboxylic acids is 1. The zero-order chi connectivity index (χ0) is 13.8. The van der Waals surface area contributed by atoms with Crippen LogP contribution >= 0.6 is 0 Å². The fourth-order valence-electron chi connectivity index (χ4n) is 3.25. The van der Waals surface area contributed by atoms with Crippen LogP contribution < -0.4 is 5.73 Å². The minimum atomic E-state index is -0.0618. The van der Waals surface area contributed by atoms with Crippen LogP contribution in [0.15, 0.2) is 5.10 Å². The number of carbonyl (C=O) groups is 1. The SMILES string of the molecule is CC(C)C1=NN(C2CCCCCC2)C(=O)C1CCN. The summed E-state index contributed by atoms with van der Waals surface area (Å²) in [6.07, 6.45) is 7.99. The Balaban J connectivity index is 2.14. The van der Waals surface area contributed by atoms with Gasteiger partial charge < -0.3 is 5.73 Å². The average molecular weight is 265 g/mol. The highest BCUT2D eigenvalue weighted by Crippen LogP contribution is 2.30. The van der Waals surface area contributed by atoms with Crippen molar-refractivity contribution >= 4 is 11.6 Å². The van der Waals surface area contributed by atoms with E-state index in [4.69, 9.17) is 5.73 Å². The molecule has 1 aliphatic carbocycles. The third-order valence-electron chi connectivity index (χ3n) is 4.32. The van der Waals surface area contributed by atoms with Gasteiger partial charge in [-0.3, -0.25) is 4.79 Å². The Morgan fingerprint density at radius 3 is 2.42 bits per heavy atom. The predicted molar refractivity (Wildman–Crippen MR) is 77.8 cm³/mol. The van der Waals surface area contributed by atoms with Crippen molar-refractivity contribution in [2.75, 3.05) is 6.54 Å². The van der Waals surface area contributed by atoms with Gasteiger partial charge in [-0.25, -0.2) is 5.01 Å². The zero-order valence-electron chi connectivity index (χ0n) is 12.3. The van der Waals surface area contributed by atoms with Crippen LogP contribution in [0.25, 0.3) is 0 Å². The molecule has 4 heteroatoms. The van der Waals surface area contributed by atoms with Crippen molar-refractivity contribution in [1.82, 2.24) is 5.01 Å². The lowest BCUT2D eigenvalue weighted by molar-refractivity contribution is -0.134. The number of nitrogens with two attached hydrogens (primary N) is 1. The Morgan fingerprint density at radius 2 is 1.89 bits per heavy atom. The second kappa shape index (κ2) is 6.51. The van der Waals surface area contributed by atoms with Crippen LogP contribution in [0.1, 0.15) is 58.8 Å². The first kappa shape index (κ1) is 14.5. The molecular weight excluding hydrogens is 238 g/mol. The van der Waals surface area contributed by atoms with E-state index in [-0.39, 0.29) is 11.8 Å². The first-order valence-electron chi connectivity index (χ1n) is 7.76. The normalized spacial score (nSPS) is 25.9. The van der Waals surface area contributed by atoms with E-state index in [0.717, 1.165) is 25.0 Å². The highest BCUT2D eigenvalue weighted by atomic mass is 16.2. The van der Waals surface area contributed by atoms with Gasteiger partial charge in [-0.15, -0.1) is 0 Å². The molecule has 0 saturated heterocycles. The molecule has 0 aromatic rings. The minimum absolute atomic E-state index is 0.0618. The smallest absolute Gasteiger partial charge is 0.251 e. The summed E-state index contributed by atoms with van der Waals surface area (Å²) in [6.45, 7) is 4.79. The highest BCUT2D eigenvalue weighted by molar-refractivity contribution is 6.08. The van der Waals surface area contributed by atoms with Gasteiger partial charge in [0, 0.05) is 0 Å². The number of hydrazone groups is 1. The van der Waals surface area contributed by atoms with E-state index in [1.807, 2.05) is 0 Å². The summed E-state index contributed by atoms with van der Waals surface area (Å²) < 4.78 is 0. The summed E-state index contributed by atoms with van der Waals surface area (Å²) in [5, 5.41) is 6.49. The standard InChI is InChI=1S/C15H27N3O/c1-11(2)14-13(9-10-16)15(19)18(17-14)12-7-5-3-4-6-8-12/h11-13H,3-10,16H2,1-2H3. The summed E-state index contributed by atoms with van der Waals surface area (Å²) in [6, 6.07) is 0.325. The van der Waals surface area contributed by atoms with E-state index in [1.54, 1.807) is 5.01 Å². The van der Waals surface area contributed by atoms with E-state index in [1.165, 1.54) is 25.7 Å². The molecule has 1 atom stereocenters. The second-order valence-electron chi connectivity index (χ2n) is 6.14. The molecule has 108 valence electrons. The maximum atomic E-state index is 12.6. The van der Waals surface area contributed by atoms with Crippen molar-refractivity contribution in [1.29, 1.82) is 0 Å². The largest absolute Gasteiger partial charge is 0.330 e. The lowest BCUT2D eigenvalue weighted by Crippen LogP contribution is -2.36. The Bertz CT molecular complexity index is 343. The highest BCUT2D eigenvalue weighted by Gasteiger charge is 2.39. The summed E-state index contributed by atoms with van der Waals surface area (Å²) in [4.78, 5) is 12.6. The molecule has 1 unspecified atom stereocenters. The molecule has 1 amide bonds. The zero-order valence-corrected chi connectivity index (χ0v) is 12.3. The third kappa shape index (κ3) is 3.16. The monoisotopic (exact) mass is 265 g/mol. The summed E-state index contributed by atoms with van der Waals surface area (Å²) >= 11 is 0. The van der Waals surface area contributed by atoms with Crippen LogP contribution in [0.5, 0.6) is 0 Å². The van der Waals surface area contributed by atoms with Crippen molar-refractivity contribution in [2.45, 2.75) is 64.8 Å². The van der Waals surface area contributed by atoms with E-state index >= 15 is 0 Å². The van der Waals surface area contributed by atoms with Gasteiger partial charge in [0.15, 0.2) is 0 Å². The van der Waals surface area contributed by atoms with Gasteiger partial charge in [-0.2, -0.15) is 5.10 Å². The van der Waals surface area contributed by atoms with E-state index in [9.17, 15) is 4.79 Å². The molecule has 0 aromatic heterocycles. The van der Waals surface area contributed by atoms with Gasteiger partial charge in [0.25, 0.3) is 5.91 Å². The molecule has 0 bridgehead atoms. The number of rotatable bonds is 4. The van der Waals surface area contributed by atoms with E-state index in [0.29, 0.717) is 18.5 Å². The first-order valence-corrected chi connectivity index (χ1v) is 7.76. The van der Waals surface area contributed by atoms with Crippen LogP contribution in [-0.4, -0.2) is 29.2 Å². The Labute approximate surface area is 116 Å². The third-order valence-corrected chi connectivity index (χ3v) is 4.32. The summed E-state index contributed by atoms with van der Waals surface area (Å²) in [5.74, 6) is 0.464. The predicted octanol–water partition coefficient (Wildman–Crippen LogP) is 2.53. The van der Waals surface area contributed by atoms with E-state index in [2.05, 4.69) is 18.9 Å². The van der Waals surface area contributed by atoms with Crippen LogP contribution in [0.3, 0.4) is 0 Å². The van der Waals surface area contributed by atoms with Crippen LogP contribution in [0.4, 0.5) is 0 Å². The number of hydrogen-bond donors (Lipinski definition) is 1. The van der Waals surface area contributed by atoms with Gasteiger partial charge in [0.05, 0.1) is 17.7 Å². The van der Waals surface area contributed by atoms with Crippen molar-refractivity contribution in [3.63, 3.8) is 0 Å². The van der Waals surface area contributed by atoms with Crippen molar-refractivity contribution in [3.8, 4) is 0 Å². The van der Waals surface area contributed by atoms with Crippen molar-refractivity contribution in [2.24, 2.45) is 22.7 Å². The first-order chi connectivity index (χ1) is 9.15. The van der Waals surface area contributed by atoms with Gasteiger partial charge in [-0.05, 0) is 31.7 Å². The van der Waals surface area contributed by atoms with Crippen molar-refractivity contribution in [3.05, 3.63) is 0 Å². The van der Waals surface area contributed by atoms with Crippen LogP contribution in [-0.2, 0) is 4.79 Å². The molecule has 0 aromatic carbocycles. The molecule has 1 heterocycles. The van der Waals surface area contributed by atoms with Gasteiger partial charge in [-0.1, -0.05) is 39.5 Å². The minimum Gasteiger partial charge on any atom is -0.330 e. The molecule has 1 saturated carbocycles. The van der Waals surface area contributed by atoms with E-state index < -0.39 is 0 Å². The molecule has 1 aliphatic heterocycles. The average Bonchev–Trinajstić information content (AvgIpc) is 2.58. The molecule has 19 heavy (non-hydrogen) atoms. The number of nitrogens with zero attached hydrogens (tertiary/aromatic N) is 2. The molecule has 0 radical (unpaired) electrons. The van der Waals surface area contributed by atoms with Crippen molar-refractivity contribution < 1.29 is 4.79 Å². The maximum Gasteiger partial charge on any atom is 0.251 e. The fourth-order valence-corrected chi connectivity index (χ4v) is 3.25. The Hall–Kier alpha value is -0.900.